The van der Waals surface area contributed by atoms with Crippen LogP contribution in [0.4, 0.5) is 0 Å². The van der Waals surface area contributed by atoms with Crippen LogP contribution in [0, 0.1) is 5.41 Å². The molecule has 0 heterocycles. The number of allylic oxidation sites excluding steroid dienone is 1. The van der Waals surface area contributed by atoms with Gasteiger partial charge in [0, 0.05) is 0 Å². The van der Waals surface area contributed by atoms with Gasteiger partial charge in [-0.05, 0) is 0 Å². The molecule has 129 valence electrons. The predicted octanol–water partition coefficient (Wildman–Crippen LogP) is -1.88. The van der Waals surface area contributed by atoms with Gasteiger partial charge in [-0.2, -0.15) is 0 Å². The van der Waals surface area contributed by atoms with E-state index in [2.05, 4.69) is 52.8 Å². The number of benzene rings is 1. The van der Waals surface area contributed by atoms with Crippen LogP contribution < -0.4 is 28.1 Å². The molecule has 0 bridgehead atoms. The van der Waals surface area contributed by atoms with E-state index in [0.717, 1.165) is 12.8 Å². The van der Waals surface area contributed by atoms with E-state index in [4.69, 9.17) is 0 Å². The molecule has 1 unspecified atom stereocenters. The first-order valence-corrected chi connectivity index (χ1v) is 15.7. The van der Waals surface area contributed by atoms with Crippen molar-refractivity contribution in [3.05, 3.63) is 41.5 Å². The van der Waals surface area contributed by atoms with Crippen LogP contribution in [0.1, 0.15) is 49.1 Å². The number of hydrogen-bond donors (Lipinski definition) is 1. The van der Waals surface area contributed by atoms with Crippen molar-refractivity contribution in [3.63, 3.8) is 0 Å². The molecule has 1 N–H and O–H groups in total. The van der Waals surface area contributed by atoms with Crippen LogP contribution in [0.5, 0.6) is 0 Å². The van der Waals surface area contributed by atoms with Gasteiger partial charge in [-0.1, -0.05) is 0 Å². The second-order valence-electron chi connectivity index (χ2n) is 6.76. The van der Waals surface area contributed by atoms with Crippen molar-refractivity contribution in [1.82, 2.24) is 3.26 Å². The summed E-state index contributed by atoms with van der Waals surface area (Å²) in [6.45, 7) is 4.66. The molecule has 1 saturated carbocycles. The van der Waals surface area contributed by atoms with Crippen molar-refractivity contribution >= 4 is 17.4 Å². The Labute approximate surface area is 169 Å². The van der Waals surface area contributed by atoms with Crippen LogP contribution in [0.25, 0.3) is 6.08 Å². The summed E-state index contributed by atoms with van der Waals surface area (Å²) < 4.78 is 3.44. The van der Waals surface area contributed by atoms with Gasteiger partial charge < -0.3 is 24.8 Å². The average Bonchev–Trinajstić information content (AvgIpc) is 2.97. The van der Waals surface area contributed by atoms with Crippen molar-refractivity contribution in [1.29, 1.82) is 0 Å². The van der Waals surface area contributed by atoms with Crippen LogP contribution >= 0.6 is 0 Å². The molecular formula is C18H24Cl2NOSiZr. The minimum Gasteiger partial charge on any atom is -1.00 e. The zero-order valence-electron chi connectivity index (χ0n) is 14.2. The maximum absolute atomic E-state index is 13.1. The van der Waals surface area contributed by atoms with Crippen LogP contribution in [-0.4, -0.2) is 11.3 Å². The fourth-order valence-corrected chi connectivity index (χ4v) is 7.56. The molecule has 6 heteroatoms. The Balaban J connectivity index is 0.00000144. The molecule has 0 radical (unpaired) electrons. The smallest absolute Gasteiger partial charge is 1.00 e. The maximum atomic E-state index is 13.1. The monoisotopic (exact) mass is 458 g/mol. The van der Waals surface area contributed by atoms with Gasteiger partial charge in [-0.3, -0.25) is 0 Å². The summed E-state index contributed by atoms with van der Waals surface area (Å²) in [6, 6.07) is 8.61. The molecule has 3 rings (SSSR count). The van der Waals surface area contributed by atoms with Gasteiger partial charge in [-0.15, -0.1) is 0 Å². The topological polar surface area (TPSA) is 29.1 Å². The Bertz CT molecular complexity index is 638. The standard InChI is InChI=1S/C16H19NO.C2H6Si.2ClH.Zr/c17-15(18)16(10-4-1-5-11-16)14-9-8-12-6-2-3-7-13(12)14;1-3-2;;;/h2-3,6-9,14H,1,4-5,10-11H2,(H2,17,18);1-2H3;2*1H;/q;;;;+3/p-3. The van der Waals surface area contributed by atoms with Crippen molar-refractivity contribution in [2.45, 2.75) is 51.1 Å². The van der Waals surface area contributed by atoms with E-state index in [9.17, 15) is 4.79 Å². The summed E-state index contributed by atoms with van der Waals surface area (Å²) in [5.41, 5.74) is 2.23. The van der Waals surface area contributed by atoms with Gasteiger partial charge in [0.25, 0.3) is 0 Å². The summed E-state index contributed by atoms with van der Waals surface area (Å²) in [6.07, 6.45) is 10.3. The number of amides is 1. The van der Waals surface area contributed by atoms with Crippen molar-refractivity contribution in [2.75, 3.05) is 0 Å². The number of hydrogen-bond acceptors (Lipinski definition) is 1. The third-order valence-electron chi connectivity index (χ3n) is 5.02. The number of carbonyl (C=O) groups is 1. The Morgan fingerprint density at radius 1 is 1.17 bits per heavy atom. The Hall–Kier alpha value is 0.110. The number of halogens is 2. The predicted molar refractivity (Wildman–Crippen MR) is 89.4 cm³/mol. The van der Waals surface area contributed by atoms with E-state index in [1.807, 2.05) is 0 Å². The fourth-order valence-electron chi connectivity index (χ4n) is 3.90. The van der Waals surface area contributed by atoms with E-state index in [1.165, 1.54) is 30.4 Å². The largest absolute Gasteiger partial charge is 1.00 e. The minimum atomic E-state index is -0.696. The fraction of sp³-hybridized carbons (Fsp3) is 0.500. The third kappa shape index (κ3) is 4.44. The zero-order chi connectivity index (χ0) is 15.6. The van der Waals surface area contributed by atoms with Crippen molar-refractivity contribution in [2.24, 2.45) is 5.41 Å². The quantitative estimate of drug-likeness (QED) is 0.526. The van der Waals surface area contributed by atoms with Crippen molar-refractivity contribution < 1.29 is 51.8 Å². The second-order valence-corrected chi connectivity index (χ2v) is 18.8. The summed E-state index contributed by atoms with van der Waals surface area (Å²) in [4.78, 5) is 13.1. The molecule has 1 fully saturated rings. The molecule has 1 aromatic carbocycles. The molecule has 1 atom stereocenters. The molecular weight excluding hydrogens is 436 g/mol. The molecule has 24 heavy (non-hydrogen) atoms. The van der Waals surface area contributed by atoms with E-state index < -0.39 is 22.1 Å². The molecule has 0 aromatic heterocycles. The Kier molecular flexibility index (Phi) is 8.96. The molecule has 2 aliphatic carbocycles. The number of rotatable bonds is 3. The van der Waals surface area contributed by atoms with Crippen LogP contribution in [-0.2, 0) is 26.9 Å². The molecule has 0 saturated heterocycles. The minimum absolute atomic E-state index is 0. The van der Waals surface area contributed by atoms with Crippen LogP contribution in [0.2, 0.25) is 13.1 Å². The average molecular weight is 461 g/mol. The molecule has 0 aliphatic heterocycles. The van der Waals surface area contributed by atoms with E-state index in [0.29, 0.717) is 5.91 Å². The number of nitrogens with one attached hydrogen (secondary N) is 1. The van der Waals surface area contributed by atoms with Gasteiger partial charge in [0.05, 0.1) is 0 Å². The van der Waals surface area contributed by atoms with Crippen LogP contribution in [0.3, 0.4) is 0 Å². The second kappa shape index (κ2) is 9.71. The van der Waals surface area contributed by atoms with E-state index in [-0.39, 0.29) is 41.6 Å². The number of carbonyl (C=O) groups excluding carboxylic acids is 1. The molecule has 2 nitrogen and oxygen atoms in total. The SMILES string of the molecule is C[Si](C)=[Zr+2][NH]C(=O)C1(C2C=Cc3ccccc32)CCCCC1.[Cl-].[Cl-]. The Morgan fingerprint density at radius 2 is 1.83 bits per heavy atom. The first kappa shape index (κ1) is 22.2. The van der Waals surface area contributed by atoms with E-state index >= 15 is 0 Å². The third-order valence-corrected chi connectivity index (χ3v) is 10.8. The van der Waals surface area contributed by atoms with Gasteiger partial charge in [0.2, 0.25) is 0 Å². The van der Waals surface area contributed by atoms with E-state index in [1.54, 1.807) is 0 Å². The number of fused-ring (bicyclic) bond motifs is 1. The normalized spacial score (nSPS) is 20.0. The van der Waals surface area contributed by atoms with Gasteiger partial charge in [-0.25, -0.2) is 0 Å². The summed E-state index contributed by atoms with van der Waals surface area (Å²) in [7, 11) is 0. The summed E-state index contributed by atoms with van der Waals surface area (Å²) in [5, 5.41) is 0. The first-order valence-electron chi connectivity index (χ1n) is 8.27. The molecule has 1 aromatic rings. The van der Waals surface area contributed by atoms with Crippen molar-refractivity contribution in [3.8, 4) is 0 Å². The first-order chi connectivity index (χ1) is 10.6. The summed E-state index contributed by atoms with van der Waals surface area (Å²) >= 11 is -0.696. The molecule has 2 aliphatic rings. The van der Waals surface area contributed by atoms with Crippen LogP contribution in [0.15, 0.2) is 30.3 Å². The Morgan fingerprint density at radius 3 is 2.50 bits per heavy atom. The molecule has 0 spiro atoms. The van der Waals surface area contributed by atoms with Gasteiger partial charge in [0.1, 0.15) is 0 Å². The maximum Gasteiger partial charge on any atom is -1.00 e. The zero-order valence-corrected chi connectivity index (χ0v) is 19.2. The van der Waals surface area contributed by atoms with Gasteiger partial charge >= 0.3 is 146 Å². The molecule has 1 amide bonds. The summed E-state index contributed by atoms with van der Waals surface area (Å²) in [5.74, 6) is 0.657. The van der Waals surface area contributed by atoms with Gasteiger partial charge in [0.15, 0.2) is 0 Å².